The van der Waals surface area contributed by atoms with Crippen molar-refractivity contribution in [2.45, 2.75) is 18.9 Å². The molecule has 5 heteroatoms. The normalized spacial score (nSPS) is 19.9. The molecule has 0 radical (unpaired) electrons. The predicted molar refractivity (Wildman–Crippen MR) is 69.2 cm³/mol. The summed E-state index contributed by atoms with van der Waals surface area (Å²) in [6, 6.07) is 3.91. The lowest BCUT2D eigenvalue weighted by molar-refractivity contribution is 0.161. The van der Waals surface area contributed by atoms with Crippen molar-refractivity contribution in [2.75, 3.05) is 20.2 Å². The van der Waals surface area contributed by atoms with E-state index >= 15 is 0 Å². The summed E-state index contributed by atoms with van der Waals surface area (Å²) in [5.41, 5.74) is 0.959. The number of ether oxygens (including phenoxy) is 2. The molecule has 0 bridgehead atoms. The van der Waals surface area contributed by atoms with Gasteiger partial charge in [0.25, 0.3) is 0 Å². The summed E-state index contributed by atoms with van der Waals surface area (Å²) in [4.78, 5) is 0. The molecule has 1 fully saturated rings. The van der Waals surface area contributed by atoms with Gasteiger partial charge in [-0.2, -0.15) is 5.10 Å². The number of nitrogens with one attached hydrogen (secondary N) is 2. The van der Waals surface area contributed by atoms with Gasteiger partial charge in [-0.25, -0.2) is 0 Å². The first kappa shape index (κ1) is 11.3. The molecule has 1 unspecified atom stereocenters. The predicted octanol–water partition coefficient (Wildman–Crippen LogP) is 1.70. The third kappa shape index (κ3) is 2.01. The van der Waals surface area contributed by atoms with Crippen molar-refractivity contribution in [3.05, 3.63) is 18.3 Å². The number of piperidine rings is 1. The molecule has 2 N–H and O–H groups in total. The van der Waals surface area contributed by atoms with Crippen molar-refractivity contribution in [3.8, 4) is 11.5 Å². The Morgan fingerprint density at radius 1 is 1.39 bits per heavy atom. The number of methoxy groups -OCH3 is 1. The molecule has 2 aromatic rings. The summed E-state index contributed by atoms with van der Waals surface area (Å²) in [5, 5.41) is 11.2. The molecular weight excluding hydrogens is 230 g/mol. The second-order valence-corrected chi connectivity index (χ2v) is 4.51. The zero-order chi connectivity index (χ0) is 12.4. The fourth-order valence-electron chi connectivity index (χ4n) is 2.37. The molecule has 0 spiro atoms. The van der Waals surface area contributed by atoms with E-state index in [9.17, 15) is 0 Å². The minimum Gasteiger partial charge on any atom is -0.492 e. The molecule has 5 nitrogen and oxygen atoms in total. The van der Waals surface area contributed by atoms with Crippen LogP contribution < -0.4 is 14.8 Å². The summed E-state index contributed by atoms with van der Waals surface area (Å²) < 4.78 is 11.5. The van der Waals surface area contributed by atoms with E-state index in [0.717, 1.165) is 48.3 Å². The van der Waals surface area contributed by atoms with E-state index in [0.29, 0.717) is 0 Å². The van der Waals surface area contributed by atoms with Gasteiger partial charge in [-0.15, -0.1) is 0 Å². The maximum absolute atomic E-state index is 6.03. The van der Waals surface area contributed by atoms with Gasteiger partial charge in [0.2, 0.25) is 0 Å². The highest BCUT2D eigenvalue weighted by Crippen LogP contribution is 2.35. The third-order valence-electron chi connectivity index (χ3n) is 3.29. The average Bonchev–Trinajstić information content (AvgIpc) is 2.88. The molecule has 3 rings (SSSR count). The van der Waals surface area contributed by atoms with Crippen LogP contribution in [0.25, 0.3) is 10.9 Å². The minimum atomic E-state index is 0.219. The monoisotopic (exact) mass is 247 g/mol. The molecule has 1 aliphatic heterocycles. The van der Waals surface area contributed by atoms with E-state index in [-0.39, 0.29) is 6.10 Å². The van der Waals surface area contributed by atoms with Crippen molar-refractivity contribution in [1.29, 1.82) is 0 Å². The smallest absolute Gasteiger partial charge is 0.171 e. The lowest BCUT2D eigenvalue weighted by Crippen LogP contribution is -2.37. The number of benzene rings is 1. The van der Waals surface area contributed by atoms with Gasteiger partial charge in [0.15, 0.2) is 11.5 Å². The zero-order valence-electron chi connectivity index (χ0n) is 10.4. The Balaban J connectivity index is 1.90. The Kier molecular flexibility index (Phi) is 3.06. The lowest BCUT2D eigenvalue weighted by atomic mass is 10.1. The van der Waals surface area contributed by atoms with Gasteiger partial charge in [0.05, 0.1) is 24.2 Å². The largest absolute Gasteiger partial charge is 0.492 e. The van der Waals surface area contributed by atoms with Crippen LogP contribution in [0.15, 0.2) is 18.3 Å². The summed E-state index contributed by atoms with van der Waals surface area (Å²) in [7, 11) is 1.66. The van der Waals surface area contributed by atoms with E-state index in [2.05, 4.69) is 15.5 Å². The minimum absolute atomic E-state index is 0.219. The number of nitrogens with zero attached hydrogens (tertiary/aromatic N) is 1. The Labute approximate surface area is 105 Å². The third-order valence-corrected chi connectivity index (χ3v) is 3.29. The molecule has 1 saturated heterocycles. The van der Waals surface area contributed by atoms with Crippen LogP contribution in [0.3, 0.4) is 0 Å². The van der Waals surface area contributed by atoms with Crippen LogP contribution >= 0.6 is 0 Å². The average molecular weight is 247 g/mol. The van der Waals surface area contributed by atoms with Gasteiger partial charge in [-0.1, -0.05) is 0 Å². The van der Waals surface area contributed by atoms with Crippen molar-refractivity contribution in [3.63, 3.8) is 0 Å². The number of H-pyrrole nitrogens is 1. The lowest BCUT2D eigenvalue weighted by Gasteiger charge is -2.24. The number of aromatic nitrogens is 2. The number of rotatable bonds is 3. The zero-order valence-corrected chi connectivity index (χ0v) is 10.4. The van der Waals surface area contributed by atoms with E-state index in [1.54, 1.807) is 13.3 Å². The first-order valence-electron chi connectivity index (χ1n) is 6.26. The SMILES string of the molecule is COc1c(OC2CCCNC2)ccc2[nH]ncc12. The fraction of sp³-hybridized carbons (Fsp3) is 0.462. The Hall–Kier alpha value is -1.75. The molecule has 1 aliphatic rings. The van der Waals surface area contributed by atoms with Gasteiger partial charge in [-0.3, -0.25) is 5.10 Å². The van der Waals surface area contributed by atoms with Crippen LogP contribution in [0.1, 0.15) is 12.8 Å². The van der Waals surface area contributed by atoms with Crippen LogP contribution in [0.5, 0.6) is 11.5 Å². The molecule has 18 heavy (non-hydrogen) atoms. The van der Waals surface area contributed by atoms with Crippen LogP contribution in [0.4, 0.5) is 0 Å². The van der Waals surface area contributed by atoms with Crippen molar-refractivity contribution in [1.82, 2.24) is 15.5 Å². The van der Waals surface area contributed by atoms with E-state index in [1.165, 1.54) is 0 Å². The van der Waals surface area contributed by atoms with Gasteiger partial charge in [-0.05, 0) is 31.5 Å². The molecular formula is C13H17N3O2. The van der Waals surface area contributed by atoms with Crippen LogP contribution in [0.2, 0.25) is 0 Å². The summed E-state index contributed by atoms with van der Waals surface area (Å²) in [5.74, 6) is 1.55. The Morgan fingerprint density at radius 2 is 2.33 bits per heavy atom. The molecule has 1 aromatic carbocycles. The maximum atomic E-state index is 6.03. The fourth-order valence-corrected chi connectivity index (χ4v) is 2.37. The summed E-state index contributed by atoms with van der Waals surface area (Å²) in [6.07, 6.45) is 4.22. The van der Waals surface area contributed by atoms with E-state index in [4.69, 9.17) is 9.47 Å². The highest BCUT2D eigenvalue weighted by Gasteiger charge is 2.18. The molecule has 0 aliphatic carbocycles. The standard InChI is InChI=1S/C13H17N3O2/c1-17-13-10-8-15-16-11(10)4-5-12(13)18-9-3-2-6-14-7-9/h4-5,8-9,14H,2-3,6-7H2,1H3,(H,15,16). The first-order valence-corrected chi connectivity index (χ1v) is 6.26. The van der Waals surface area contributed by atoms with Crippen LogP contribution in [-0.2, 0) is 0 Å². The topological polar surface area (TPSA) is 59.2 Å². The van der Waals surface area contributed by atoms with Gasteiger partial charge in [0.1, 0.15) is 6.10 Å². The van der Waals surface area contributed by atoms with Crippen LogP contribution in [0, 0.1) is 0 Å². The van der Waals surface area contributed by atoms with Crippen molar-refractivity contribution >= 4 is 10.9 Å². The number of hydrogen-bond acceptors (Lipinski definition) is 4. The molecule has 1 aromatic heterocycles. The van der Waals surface area contributed by atoms with Crippen molar-refractivity contribution in [2.24, 2.45) is 0 Å². The Bertz CT molecular complexity index is 532. The molecule has 2 heterocycles. The second kappa shape index (κ2) is 4.86. The molecule has 1 atom stereocenters. The molecule has 96 valence electrons. The van der Waals surface area contributed by atoms with Gasteiger partial charge < -0.3 is 14.8 Å². The number of hydrogen-bond donors (Lipinski definition) is 2. The Morgan fingerprint density at radius 3 is 3.11 bits per heavy atom. The van der Waals surface area contributed by atoms with Gasteiger partial charge in [0, 0.05) is 6.54 Å². The van der Waals surface area contributed by atoms with E-state index in [1.807, 2.05) is 12.1 Å². The highest BCUT2D eigenvalue weighted by molar-refractivity contribution is 5.87. The van der Waals surface area contributed by atoms with Gasteiger partial charge >= 0.3 is 0 Å². The second-order valence-electron chi connectivity index (χ2n) is 4.51. The quantitative estimate of drug-likeness (QED) is 0.866. The van der Waals surface area contributed by atoms with E-state index < -0.39 is 0 Å². The van der Waals surface area contributed by atoms with Crippen LogP contribution in [-0.4, -0.2) is 36.5 Å². The molecule has 0 saturated carbocycles. The number of fused-ring (bicyclic) bond motifs is 1. The maximum Gasteiger partial charge on any atom is 0.171 e. The van der Waals surface area contributed by atoms with Crippen molar-refractivity contribution < 1.29 is 9.47 Å². The first-order chi connectivity index (χ1) is 8.88. The highest BCUT2D eigenvalue weighted by atomic mass is 16.5. The summed E-state index contributed by atoms with van der Waals surface area (Å²) >= 11 is 0. The number of aromatic amines is 1. The summed E-state index contributed by atoms with van der Waals surface area (Å²) in [6.45, 7) is 1.98. The molecule has 0 amide bonds.